The van der Waals surface area contributed by atoms with Gasteiger partial charge in [-0.2, -0.15) is 13.2 Å². The van der Waals surface area contributed by atoms with Gasteiger partial charge < -0.3 is 15.0 Å². The molecule has 228 valence electrons. The molecule has 43 heavy (non-hydrogen) atoms. The van der Waals surface area contributed by atoms with Gasteiger partial charge in [0.2, 0.25) is 0 Å². The molecule has 1 aliphatic heterocycles. The molecule has 0 saturated heterocycles. The van der Waals surface area contributed by atoms with E-state index in [-0.39, 0.29) is 18.4 Å². The summed E-state index contributed by atoms with van der Waals surface area (Å²) < 4.78 is 56.5. The molecule has 0 bridgehead atoms. The van der Waals surface area contributed by atoms with Crippen LogP contribution >= 0.6 is 0 Å². The third-order valence-electron chi connectivity index (χ3n) is 7.22. The van der Waals surface area contributed by atoms with Crippen molar-refractivity contribution in [3.05, 3.63) is 83.0 Å². The van der Waals surface area contributed by atoms with Crippen LogP contribution in [0.4, 0.5) is 29.5 Å². The highest BCUT2D eigenvalue weighted by Crippen LogP contribution is 2.38. The van der Waals surface area contributed by atoms with Crippen molar-refractivity contribution in [2.75, 3.05) is 16.5 Å². The van der Waals surface area contributed by atoms with Crippen LogP contribution in [0.15, 0.2) is 65.7 Å². The molecular weight excluding hydrogens is 581 g/mol. The van der Waals surface area contributed by atoms with Gasteiger partial charge in [0.05, 0.1) is 24.0 Å². The van der Waals surface area contributed by atoms with Gasteiger partial charge >= 0.3 is 12.3 Å². The van der Waals surface area contributed by atoms with Crippen molar-refractivity contribution in [2.24, 2.45) is 0 Å². The van der Waals surface area contributed by atoms with Crippen LogP contribution in [0.2, 0.25) is 0 Å². The first-order valence-corrected chi connectivity index (χ1v) is 15.4. The lowest BCUT2D eigenvalue weighted by Crippen LogP contribution is -2.40. The summed E-state index contributed by atoms with van der Waals surface area (Å²) in [6.45, 7) is 5.78. The van der Waals surface area contributed by atoms with Crippen LogP contribution in [0, 0.1) is 0 Å². The molecule has 0 spiro atoms. The van der Waals surface area contributed by atoms with Gasteiger partial charge in [0.25, 0.3) is 5.91 Å². The molecule has 2 aliphatic rings. The molecule has 8 nitrogen and oxygen atoms in total. The van der Waals surface area contributed by atoms with E-state index in [2.05, 4.69) is 15.2 Å². The average molecular weight is 615 g/mol. The number of aromatic nitrogens is 1. The van der Waals surface area contributed by atoms with Crippen LogP contribution in [0.5, 0.6) is 0 Å². The van der Waals surface area contributed by atoms with Crippen LogP contribution in [-0.4, -0.2) is 44.0 Å². The van der Waals surface area contributed by atoms with E-state index >= 15 is 0 Å². The maximum atomic E-state index is 13.6. The highest BCUT2D eigenvalue weighted by atomic mass is 32.2. The number of anilines is 2. The molecule has 1 N–H and O–H groups in total. The molecule has 2 amide bonds. The van der Waals surface area contributed by atoms with E-state index in [1.165, 1.54) is 17.0 Å². The lowest BCUT2D eigenvalue weighted by molar-refractivity contribution is -0.137. The van der Waals surface area contributed by atoms with E-state index in [4.69, 9.17) is 4.74 Å². The van der Waals surface area contributed by atoms with Gasteiger partial charge in [0.1, 0.15) is 17.5 Å². The van der Waals surface area contributed by atoms with E-state index in [0.717, 1.165) is 36.2 Å². The summed E-state index contributed by atoms with van der Waals surface area (Å²) in [7, 11) is -1.23. The minimum Gasteiger partial charge on any atom is -0.444 e. The molecule has 2 atom stereocenters. The quantitative estimate of drug-likeness (QED) is 0.330. The minimum atomic E-state index is -4.39. The van der Waals surface area contributed by atoms with E-state index in [1.807, 2.05) is 6.07 Å². The monoisotopic (exact) mass is 614 g/mol. The highest BCUT2D eigenvalue weighted by molar-refractivity contribution is 7.84. The summed E-state index contributed by atoms with van der Waals surface area (Å²) in [5.74, 6) is -0.193. The summed E-state index contributed by atoms with van der Waals surface area (Å²) in [5.41, 5.74) is 1.40. The number of amides is 2. The molecule has 12 heteroatoms. The van der Waals surface area contributed by atoms with E-state index in [1.54, 1.807) is 57.5 Å². The molecule has 2 aromatic carbocycles. The molecule has 1 saturated carbocycles. The first kappa shape index (κ1) is 30.5. The van der Waals surface area contributed by atoms with Crippen LogP contribution in [0.3, 0.4) is 0 Å². The van der Waals surface area contributed by atoms with Gasteiger partial charge in [-0.1, -0.05) is 18.2 Å². The standard InChI is InChI=1S/C31H33F3N4O4S/c1-30(2,3)42-29(40)38-18-20-15-24(43(4)41)12-13-25(20)27(38)28(39)36-26-14-11-23(16-35-26)37(22-9-10-22)17-19-5-7-21(8-6-19)31(32,33)34/h5-8,11-16,22,27H,9-10,17-18H2,1-4H3,(H,35,36,39). The normalized spacial score (nSPS) is 17.3. The van der Waals surface area contributed by atoms with Crippen LogP contribution < -0.4 is 10.2 Å². The van der Waals surface area contributed by atoms with E-state index in [9.17, 15) is 27.0 Å². The Hall–Kier alpha value is -3.93. The predicted molar refractivity (Wildman–Crippen MR) is 157 cm³/mol. The summed E-state index contributed by atoms with van der Waals surface area (Å²) in [4.78, 5) is 35.2. The smallest absolute Gasteiger partial charge is 0.416 e. The molecule has 3 aromatic rings. The number of carbonyl (C=O) groups excluding carboxylic acids is 2. The Balaban J connectivity index is 1.33. The first-order valence-electron chi connectivity index (χ1n) is 13.9. The Morgan fingerprint density at radius 2 is 1.77 bits per heavy atom. The zero-order valence-corrected chi connectivity index (χ0v) is 25.1. The highest BCUT2D eigenvalue weighted by Gasteiger charge is 2.41. The van der Waals surface area contributed by atoms with Gasteiger partial charge in [-0.15, -0.1) is 0 Å². The second-order valence-electron chi connectivity index (χ2n) is 11.8. The van der Waals surface area contributed by atoms with E-state index < -0.39 is 46.2 Å². The Kier molecular flexibility index (Phi) is 8.26. The number of alkyl halides is 3. The molecule has 5 rings (SSSR count). The number of carbonyl (C=O) groups is 2. The fraction of sp³-hybridized carbons (Fsp3) is 0.387. The SMILES string of the molecule is CS(=O)c1ccc2c(c1)CN(C(=O)OC(C)(C)C)C2C(=O)Nc1ccc(N(Cc2ccc(C(F)(F)F)cc2)C2CC2)cn1. The molecule has 1 aromatic heterocycles. The predicted octanol–water partition coefficient (Wildman–Crippen LogP) is 6.44. The maximum absolute atomic E-state index is 13.6. The van der Waals surface area contributed by atoms with Crippen LogP contribution in [0.1, 0.15) is 61.9 Å². The van der Waals surface area contributed by atoms with Gasteiger partial charge in [0.15, 0.2) is 0 Å². The third kappa shape index (κ3) is 7.18. The topological polar surface area (TPSA) is 91.8 Å². The first-order chi connectivity index (χ1) is 20.2. The zero-order chi connectivity index (χ0) is 31.1. The number of hydrogen-bond donors (Lipinski definition) is 1. The Bertz CT molecular complexity index is 1530. The summed E-state index contributed by atoms with van der Waals surface area (Å²) in [6, 6.07) is 13.0. The largest absolute Gasteiger partial charge is 0.444 e. The van der Waals surface area contributed by atoms with Crippen molar-refractivity contribution in [3.8, 4) is 0 Å². The molecule has 1 aliphatic carbocycles. The number of ether oxygens (including phenoxy) is 1. The average Bonchev–Trinajstić information content (AvgIpc) is 3.69. The Morgan fingerprint density at radius 1 is 1.07 bits per heavy atom. The van der Waals surface area contributed by atoms with Crippen LogP contribution in [-0.2, 0) is 39.6 Å². The number of nitrogens with one attached hydrogen (secondary N) is 1. The van der Waals surface area contributed by atoms with Crippen molar-refractivity contribution < 1.29 is 31.7 Å². The molecule has 2 heterocycles. The van der Waals surface area contributed by atoms with Crippen molar-refractivity contribution in [1.82, 2.24) is 9.88 Å². The number of fused-ring (bicyclic) bond motifs is 1. The van der Waals surface area contributed by atoms with Crippen LogP contribution in [0.25, 0.3) is 0 Å². The number of rotatable bonds is 7. The van der Waals surface area contributed by atoms with Crippen molar-refractivity contribution >= 4 is 34.3 Å². The third-order valence-corrected chi connectivity index (χ3v) is 8.14. The van der Waals surface area contributed by atoms with Gasteiger partial charge in [0, 0.05) is 34.5 Å². The number of halogens is 3. The maximum Gasteiger partial charge on any atom is 0.416 e. The fourth-order valence-corrected chi connectivity index (χ4v) is 5.59. The van der Waals surface area contributed by atoms with Gasteiger partial charge in [-0.3, -0.25) is 13.9 Å². The Morgan fingerprint density at radius 3 is 2.33 bits per heavy atom. The van der Waals surface area contributed by atoms with Gasteiger partial charge in [-0.25, -0.2) is 9.78 Å². The molecular formula is C31H33F3N4O4S. The zero-order valence-electron chi connectivity index (χ0n) is 24.3. The second kappa shape index (κ2) is 11.6. The molecule has 1 fully saturated rings. The second-order valence-corrected chi connectivity index (χ2v) is 13.1. The fourth-order valence-electron chi connectivity index (χ4n) is 5.02. The summed E-state index contributed by atoms with van der Waals surface area (Å²) in [6.07, 6.45) is 0.0874. The number of hydrogen-bond acceptors (Lipinski definition) is 6. The summed E-state index contributed by atoms with van der Waals surface area (Å²) in [5, 5.41) is 2.81. The number of pyridine rings is 1. The Labute approximate surface area is 250 Å². The summed E-state index contributed by atoms with van der Waals surface area (Å²) >= 11 is 0. The van der Waals surface area contributed by atoms with Crippen molar-refractivity contribution in [1.29, 1.82) is 0 Å². The molecule has 0 radical (unpaired) electrons. The number of benzene rings is 2. The lowest BCUT2D eigenvalue weighted by Gasteiger charge is -2.28. The van der Waals surface area contributed by atoms with E-state index in [0.29, 0.717) is 22.6 Å². The van der Waals surface area contributed by atoms with Crippen molar-refractivity contribution in [3.63, 3.8) is 0 Å². The van der Waals surface area contributed by atoms with Gasteiger partial charge in [-0.05, 0) is 86.7 Å². The molecule has 2 unspecified atom stereocenters. The van der Waals surface area contributed by atoms with Crippen molar-refractivity contribution in [2.45, 2.75) is 75.5 Å². The lowest BCUT2D eigenvalue weighted by atomic mass is 10.0. The number of nitrogens with zero attached hydrogens (tertiary/aromatic N) is 3. The minimum absolute atomic E-state index is 0.125.